The first-order chi connectivity index (χ1) is 19.4. The van der Waals surface area contributed by atoms with E-state index in [2.05, 4.69) is 24.7 Å². The fourth-order valence-corrected chi connectivity index (χ4v) is 5.02. The molecule has 0 spiro atoms. The van der Waals surface area contributed by atoms with E-state index in [4.69, 9.17) is 10.5 Å². The van der Waals surface area contributed by atoms with Crippen molar-refractivity contribution in [2.24, 2.45) is 10.7 Å². The Bertz CT molecular complexity index is 1810. The molecule has 3 aromatic carbocycles. The summed E-state index contributed by atoms with van der Waals surface area (Å²) in [6.45, 7) is 0.392. The lowest BCUT2D eigenvalue weighted by molar-refractivity contribution is 0.306. The fraction of sp³-hybridized carbons (Fsp3) is 0.0667. The van der Waals surface area contributed by atoms with Gasteiger partial charge in [0.25, 0.3) is 10.0 Å². The van der Waals surface area contributed by atoms with Crippen LogP contribution in [0, 0.1) is 0 Å². The highest BCUT2D eigenvalue weighted by Gasteiger charge is 2.15. The second-order valence-corrected chi connectivity index (χ2v) is 10.5. The Hall–Kier alpha value is -5.09. The first-order valence-electron chi connectivity index (χ1n) is 12.3. The summed E-state index contributed by atoms with van der Waals surface area (Å²) in [6.07, 6.45) is 7.80. The molecule has 0 aliphatic rings. The van der Waals surface area contributed by atoms with Crippen molar-refractivity contribution in [1.82, 2.24) is 15.0 Å². The van der Waals surface area contributed by atoms with Crippen LogP contribution in [0.2, 0.25) is 0 Å². The monoisotopic (exact) mass is 550 g/mol. The first-order valence-corrected chi connectivity index (χ1v) is 13.8. The number of benzene rings is 3. The van der Waals surface area contributed by atoms with Crippen molar-refractivity contribution in [3.05, 3.63) is 115 Å². The van der Waals surface area contributed by atoms with Crippen molar-refractivity contribution >= 4 is 38.5 Å². The number of nitrogens with zero attached hydrogens (tertiary/aromatic N) is 4. The number of ether oxygens (including phenoxy) is 1. The molecule has 0 saturated heterocycles. The number of aromatic nitrogens is 3. The van der Waals surface area contributed by atoms with E-state index >= 15 is 0 Å². The molecule has 200 valence electrons. The second kappa shape index (κ2) is 11.7. The number of aliphatic imine (C=N–C) groups is 1. The van der Waals surface area contributed by atoms with Crippen LogP contribution in [0.5, 0.6) is 5.75 Å². The summed E-state index contributed by atoms with van der Waals surface area (Å²) in [5.74, 6) is 0.574. The number of sulfonamides is 1. The molecule has 5 rings (SSSR count). The van der Waals surface area contributed by atoms with Crippen LogP contribution >= 0.6 is 0 Å². The Balaban J connectivity index is 1.33. The molecule has 3 N–H and O–H groups in total. The third-order valence-electron chi connectivity index (χ3n) is 5.99. The molecule has 0 atom stereocenters. The predicted octanol–water partition coefficient (Wildman–Crippen LogP) is 5.07. The number of rotatable bonds is 9. The third kappa shape index (κ3) is 6.13. The molecule has 10 heteroatoms. The molecule has 2 aromatic heterocycles. The van der Waals surface area contributed by atoms with Gasteiger partial charge < -0.3 is 10.5 Å². The molecular formula is C30H26N6O3S. The number of hydrogen-bond acceptors (Lipinski definition) is 8. The maximum atomic E-state index is 13.1. The maximum Gasteiger partial charge on any atom is 0.261 e. The molecule has 0 fully saturated rings. The van der Waals surface area contributed by atoms with Crippen LogP contribution in [0.15, 0.2) is 114 Å². The van der Waals surface area contributed by atoms with E-state index in [9.17, 15) is 8.42 Å². The van der Waals surface area contributed by atoms with E-state index in [-0.39, 0.29) is 4.90 Å². The van der Waals surface area contributed by atoms with Crippen molar-refractivity contribution in [2.75, 3.05) is 11.8 Å². The van der Waals surface area contributed by atoms with Crippen LogP contribution in [0.1, 0.15) is 11.3 Å². The van der Waals surface area contributed by atoms with E-state index in [1.54, 1.807) is 43.9 Å². The summed E-state index contributed by atoms with van der Waals surface area (Å²) in [4.78, 5) is 17.5. The Morgan fingerprint density at radius 3 is 2.50 bits per heavy atom. The van der Waals surface area contributed by atoms with Crippen LogP contribution in [0.25, 0.3) is 27.7 Å². The zero-order chi connectivity index (χ0) is 28.0. The molecule has 0 unspecified atom stereocenters. The highest BCUT2D eigenvalue weighted by molar-refractivity contribution is 7.92. The minimum atomic E-state index is -3.85. The van der Waals surface area contributed by atoms with Gasteiger partial charge in [-0.1, -0.05) is 36.4 Å². The Morgan fingerprint density at radius 2 is 1.75 bits per heavy atom. The lowest BCUT2D eigenvalue weighted by Gasteiger charge is -2.11. The summed E-state index contributed by atoms with van der Waals surface area (Å²) in [7, 11) is -2.20. The van der Waals surface area contributed by atoms with Crippen molar-refractivity contribution in [1.29, 1.82) is 0 Å². The molecule has 0 bridgehead atoms. The van der Waals surface area contributed by atoms with Gasteiger partial charge in [0.05, 0.1) is 39.7 Å². The third-order valence-corrected chi connectivity index (χ3v) is 7.39. The largest absolute Gasteiger partial charge is 0.489 e. The van der Waals surface area contributed by atoms with Gasteiger partial charge in [-0.05, 0) is 53.6 Å². The number of nitrogens with two attached hydrogens (primary N) is 1. The van der Waals surface area contributed by atoms with Gasteiger partial charge in [0.15, 0.2) is 0 Å². The van der Waals surface area contributed by atoms with Gasteiger partial charge in [-0.25, -0.2) is 13.4 Å². The van der Waals surface area contributed by atoms with Crippen LogP contribution in [-0.4, -0.2) is 36.6 Å². The number of pyridine rings is 1. The molecule has 0 saturated carbocycles. The van der Waals surface area contributed by atoms with Gasteiger partial charge in [-0.15, -0.1) is 0 Å². The molecule has 0 amide bonds. The molecule has 5 aromatic rings. The van der Waals surface area contributed by atoms with Crippen molar-refractivity contribution in [3.8, 4) is 16.9 Å². The van der Waals surface area contributed by atoms with Crippen molar-refractivity contribution in [2.45, 2.75) is 11.5 Å². The molecule has 0 aliphatic carbocycles. The van der Waals surface area contributed by atoms with E-state index < -0.39 is 10.0 Å². The second-order valence-electron chi connectivity index (χ2n) is 8.78. The SMILES string of the molecule is CN=CC(=CN)c1cnc2ccc(-c3cncc(NS(=O)(=O)c4ccc(OCc5ccccc5)cc4)c3)cc2n1. The maximum absolute atomic E-state index is 13.1. The van der Waals surface area contributed by atoms with Gasteiger partial charge in [0, 0.05) is 36.8 Å². The zero-order valence-electron chi connectivity index (χ0n) is 21.6. The molecule has 2 heterocycles. The molecule has 0 radical (unpaired) electrons. The zero-order valence-corrected chi connectivity index (χ0v) is 22.4. The van der Waals surface area contributed by atoms with E-state index in [1.807, 2.05) is 48.5 Å². The normalized spacial score (nSPS) is 12.1. The van der Waals surface area contributed by atoms with E-state index in [0.717, 1.165) is 11.1 Å². The Labute approximate surface area is 232 Å². The van der Waals surface area contributed by atoms with Crippen LogP contribution in [0.3, 0.4) is 0 Å². The fourth-order valence-electron chi connectivity index (χ4n) is 3.99. The average Bonchev–Trinajstić information content (AvgIpc) is 2.99. The lowest BCUT2D eigenvalue weighted by atomic mass is 10.1. The topological polar surface area (TPSA) is 132 Å². The van der Waals surface area contributed by atoms with Gasteiger partial charge in [-0.3, -0.25) is 19.7 Å². The molecule has 9 nitrogen and oxygen atoms in total. The first kappa shape index (κ1) is 26.5. The highest BCUT2D eigenvalue weighted by Crippen LogP contribution is 2.26. The van der Waals surface area contributed by atoms with E-state index in [0.29, 0.717) is 45.9 Å². The Morgan fingerprint density at radius 1 is 0.950 bits per heavy atom. The van der Waals surface area contributed by atoms with E-state index in [1.165, 1.54) is 24.5 Å². The predicted molar refractivity (Wildman–Crippen MR) is 157 cm³/mol. The number of fused-ring (bicyclic) bond motifs is 1. The van der Waals surface area contributed by atoms with Gasteiger partial charge in [0.1, 0.15) is 12.4 Å². The quantitative estimate of drug-likeness (QED) is 0.245. The summed E-state index contributed by atoms with van der Waals surface area (Å²) in [6, 6.07) is 23.3. The van der Waals surface area contributed by atoms with Crippen LogP contribution in [-0.2, 0) is 16.6 Å². The van der Waals surface area contributed by atoms with Crippen LogP contribution < -0.4 is 15.2 Å². The standard InChI is InChI=1S/C30H26N6O3S/c1-32-16-24(15-31)30-19-34-28-12-7-22(14-29(28)35-30)23-13-25(18-33-17-23)36-40(37,38)27-10-8-26(9-11-27)39-20-21-5-3-2-4-6-21/h2-19,36H,20,31H2,1H3. The Kier molecular flexibility index (Phi) is 7.79. The number of anilines is 1. The number of hydrogen-bond donors (Lipinski definition) is 2. The number of allylic oxidation sites excluding steroid dienone is 1. The van der Waals surface area contributed by atoms with Crippen molar-refractivity contribution in [3.63, 3.8) is 0 Å². The summed E-state index contributed by atoms with van der Waals surface area (Å²) >= 11 is 0. The summed E-state index contributed by atoms with van der Waals surface area (Å²) in [5.41, 5.74) is 11.2. The van der Waals surface area contributed by atoms with Crippen LogP contribution in [0.4, 0.5) is 5.69 Å². The number of nitrogens with one attached hydrogen (secondary N) is 1. The van der Waals surface area contributed by atoms with Gasteiger partial charge in [0.2, 0.25) is 0 Å². The average molecular weight is 551 g/mol. The highest BCUT2D eigenvalue weighted by atomic mass is 32.2. The molecular weight excluding hydrogens is 524 g/mol. The minimum absolute atomic E-state index is 0.109. The van der Waals surface area contributed by atoms with Crippen molar-refractivity contribution < 1.29 is 13.2 Å². The van der Waals surface area contributed by atoms with Gasteiger partial charge in [-0.2, -0.15) is 0 Å². The summed E-state index contributed by atoms with van der Waals surface area (Å²) in [5, 5.41) is 0. The minimum Gasteiger partial charge on any atom is -0.489 e. The lowest BCUT2D eigenvalue weighted by Crippen LogP contribution is -2.13. The van der Waals surface area contributed by atoms with Gasteiger partial charge >= 0.3 is 0 Å². The molecule has 0 aliphatic heterocycles. The molecule has 40 heavy (non-hydrogen) atoms. The summed E-state index contributed by atoms with van der Waals surface area (Å²) < 4.78 is 34.5. The smallest absolute Gasteiger partial charge is 0.261 e.